The molecule has 2 heterocycles. The minimum Gasteiger partial charge on any atom is -0.331 e. The number of carbonyl (C=O) groups is 2. The molecule has 2 aromatic rings. The molecule has 1 aromatic heterocycles. The van der Waals surface area contributed by atoms with Crippen LogP contribution in [0.5, 0.6) is 0 Å². The first-order chi connectivity index (χ1) is 12.8. The van der Waals surface area contributed by atoms with Crippen LogP contribution in [0.4, 0.5) is 18.7 Å². The number of halogens is 2. The monoisotopic (exact) mass is 394 g/mol. The maximum atomic E-state index is 13.9. The highest BCUT2D eigenvalue weighted by Gasteiger charge is 2.29. The third-order valence-electron chi connectivity index (χ3n) is 4.38. The summed E-state index contributed by atoms with van der Waals surface area (Å²) in [6, 6.07) is 3.03. The molecule has 3 amide bonds. The first-order valence-corrected chi connectivity index (χ1v) is 9.41. The van der Waals surface area contributed by atoms with E-state index in [2.05, 4.69) is 10.3 Å². The first-order valence-electron chi connectivity index (χ1n) is 8.53. The number of hydrogen-bond acceptors (Lipinski definition) is 4. The van der Waals surface area contributed by atoms with E-state index in [9.17, 15) is 18.4 Å². The van der Waals surface area contributed by atoms with Crippen LogP contribution in [-0.4, -0.2) is 53.9 Å². The van der Waals surface area contributed by atoms with Gasteiger partial charge >= 0.3 is 6.03 Å². The van der Waals surface area contributed by atoms with E-state index in [4.69, 9.17) is 0 Å². The van der Waals surface area contributed by atoms with Gasteiger partial charge in [0.2, 0.25) is 5.91 Å². The number of amides is 3. The summed E-state index contributed by atoms with van der Waals surface area (Å²) in [5.41, 5.74) is 0.313. The Balaban J connectivity index is 1.67. The van der Waals surface area contributed by atoms with Gasteiger partial charge < -0.3 is 15.1 Å². The molecule has 1 N–H and O–H groups in total. The number of likely N-dealkylation sites (tertiary alicyclic amines) is 1. The molecule has 1 aromatic carbocycles. The lowest BCUT2D eigenvalue weighted by Crippen LogP contribution is -2.47. The minimum atomic E-state index is -0.579. The molecular formula is C18H20F2N4O2S. The molecule has 1 aliphatic rings. The van der Waals surface area contributed by atoms with Crippen molar-refractivity contribution in [1.82, 2.24) is 14.8 Å². The third kappa shape index (κ3) is 4.41. The molecule has 0 bridgehead atoms. The Kier molecular flexibility index (Phi) is 5.69. The summed E-state index contributed by atoms with van der Waals surface area (Å²) in [4.78, 5) is 32.0. The number of nitrogens with zero attached hydrogens (tertiary/aromatic N) is 3. The Morgan fingerprint density at radius 2 is 2.11 bits per heavy atom. The van der Waals surface area contributed by atoms with Crippen molar-refractivity contribution in [3.05, 3.63) is 35.2 Å². The average molecular weight is 394 g/mol. The Hall–Kier alpha value is -2.55. The van der Waals surface area contributed by atoms with Gasteiger partial charge in [0, 0.05) is 38.1 Å². The van der Waals surface area contributed by atoms with Gasteiger partial charge in [0.15, 0.2) is 5.13 Å². The maximum Gasteiger partial charge on any atom is 0.319 e. The predicted octanol–water partition coefficient (Wildman–Crippen LogP) is 3.42. The third-order valence-corrected chi connectivity index (χ3v) is 5.14. The minimum absolute atomic E-state index is 0.0483. The molecule has 9 heteroatoms. The zero-order valence-electron chi connectivity index (χ0n) is 15.0. The van der Waals surface area contributed by atoms with Crippen molar-refractivity contribution in [2.45, 2.75) is 12.8 Å². The summed E-state index contributed by atoms with van der Waals surface area (Å²) in [7, 11) is 3.35. The average Bonchev–Trinajstić information content (AvgIpc) is 3.11. The second kappa shape index (κ2) is 7.99. The number of carbonyl (C=O) groups excluding carboxylic acids is 2. The van der Waals surface area contributed by atoms with Crippen LogP contribution in [0.25, 0.3) is 11.3 Å². The molecule has 0 saturated carbocycles. The van der Waals surface area contributed by atoms with E-state index in [0.717, 1.165) is 36.0 Å². The molecule has 144 valence electrons. The van der Waals surface area contributed by atoms with Crippen molar-refractivity contribution < 1.29 is 18.4 Å². The zero-order valence-corrected chi connectivity index (χ0v) is 15.9. The molecule has 0 aliphatic carbocycles. The first kappa shape index (κ1) is 19.2. The molecule has 6 nitrogen and oxygen atoms in total. The topological polar surface area (TPSA) is 65.5 Å². The number of anilines is 1. The van der Waals surface area contributed by atoms with Crippen LogP contribution in [0.3, 0.4) is 0 Å². The van der Waals surface area contributed by atoms with Gasteiger partial charge in [-0.15, -0.1) is 11.3 Å². The normalized spacial score (nSPS) is 16.9. The van der Waals surface area contributed by atoms with E-state index in [1.165, 1.54) is 4.90 Å². The van der Waals surface area contributed by atoms with Crippen LogP contribution in [0.2, 0.25) is 0 Å². The maximum absolute atomic E-state index is 13.9. The largest absolute Gasteiger partial charge is 0.331 e. The number of piperidine rings is 1. The fourth-order valence-corrected chi connectivity index (χ4v) is 3.72. The van der Waals surface area contributed by atoms with Gasteiger partial charge in [-0.05, 0) is 31.0 Å². The summed E-state index contributed by atoms with van der Waals surface area (Å²) in [6.07, 6.45) is 1.43. The van der Waals surface area contributed by atoms with Crippen molar-refractivity contribution in [3.8, 4) is 11.3 Å². The van der Waals surface area contributed by atoms with Crippen molar-refractivity contribution in [2.75, 3.05) is 32.5 Å². The highest BCUT2D eigenvalue weighted by atomic mass is 32.1. The van der Waals surface area contributed by atoms with Crippen molar-refractivity contribution in [1.29, 1.82) is 0 Å². The number of thiazole rings is 1. The number of nitrogens with one attached hydrogen (secondary N) is 1. The standard InChI is InChI=1S/C18H20F2N4O2S/c1-23(2)18(26)24-7-3-4-11(9-24)16(25)22-17-21-15(10-27-17)13-8-12(19)5-6-14(13)20/h5-6,8,10-11H,3-4,7,9H2,1-2H3,(H,21,22,25). The summed E-state index contributed by atoms with van der Waals surface area (Å²) in [5, 5.41) is 4.61. The predicted molar refractivity (Wildman–Crippen MR) is 99.5 cm³/mol. The van der Waals surface area contributed by atoms with Crippen molar-refractivity contribution in [3.63, 3.8) is 0 Å². The van der Waals surface area contributed by atoms with E-state index in [1.807, 2.05) is 0 Å². The van der Waals surface area contributed by atoms with Gasteiger partial charge in [-0.3, -0.25) is 4.79 Å². The van der Waals surface area contributed by atoms with Crippen molar-refractivity contribution >= 4 is 28.4 Å². The SMILES string of the molecule is CN(C)C(=O)N1CCCC(C(=O)Nc2nc(-c3cc(F)ccc3F)cs2)C1. The molecule has 27 heavy (non-hydrogen) atoms. The molecule has 1 fully saturated rings. The molecule has 0 spiro atoms. The molecule has 3 rings (SSSR count). The van der Waals surface area contributed by atoms with Crippen LogP contribution in [-0.2, 0) is 4.79 Å². The van der Waals surface area contributed by atoms with Crippen LogP contribution in [0.1, 0.15) is 12.8 Å². The Labute approximate surface area is 159 Å². The van der Waals surface area contributed by atoms with Crippen molar-refractivity contribution in [2.24, 2.45) is 5.92 Å². The summed E-state index contributed by atoms with van der Waals surface area (Å²) >= 11 is 1.14. The molecule has 0 radical (unpaired) electrons. The molecule has 1 atom stereocenters. The highest BCUT2D eigenvalue weighted by molar-refractivity contribution is 7.14. The van der Waals surface area contributed by atoms with Crippen LogP contribution < -0.4 is 5.32 Å². The second-order valence-electron chi connectivity index (χ2n) is 6.61. The summed E-state index contributed by atoms with van der Waals surface area (Å²) in [5.74, 6) is -1.70. The Bertz CT molecular complexity index is 856. The Morgan fingerprint density at radius 1 is 1.33 bits per heavy atom. The summed E-state index contributed by atoms with van der Waals surface area (Å²) in [6.45, 7) is 0.973. The molecular weight excluding hydrogens is 374 g/mol. The van der Waals surface area contributed by atoms with Gasteiger partial charge in [0.25, 0.3) is 0 Å². The van der Waals surface area contributed by atoms with E-state index in [0.29, 0.717) is 24.6 Å². The summed E-state index contributed by atoms with van der Waals surface area (Å²) < 4.78 is 27.2. The zero-order chi connectivity index (χ0) is 19.6. The number of urea groups is 1. The van der Waals surface area contributed by atoms with Crippen LogP contribution in [0, 0.1) is 17.6 Å². The Morgan fingerprint density at radius 3 is 2.85 bits per heavy atom. The van der Waals surface area contributed by atoms with E-state index >= 15 is 0 Å². The lowest BCUT2D eigenvalue weighted by atomic mass is 9.97. The van der Waals surface area contributed by atoms with Gasteiger partial charge in [-0.25, -0.2) is 18.6 Å². The number of rotatable bonds is 3. The molecule has 1 saturated heterocycles. The molecule has 1 unspecified atom stereocenters. The van der Waals surface area contributed by atoms with Gasteiger partial charge in [0.05, 0.1) is 11.6 Å². The van der Waals surface area contributed by atoms with E-state index in [-0.39, 0.29) is 29.1 Å². The van der Waals surface area contributed by atoms with Gasteiger partial charge in [-0.2, -0.15) is 0 Å². The lowest BCUT2D eigenvalue weighted by molar-refractivity contribution is -0.121. The fraction of sp³-hybridized carbons (Fsp3) is 0.389. The van der Waals surface area contributed by atoms with Gasteiger partial charge in [-0.1, -0.05) is 0 Å². The highest BCUT2D eigenvalue weighted by Crippen LogP contribution is 2.28. The number of aromatic nitrogens is 1. The quantitative estimate of drug-likeness (QED) is 0.868. The van der Waals surface area contributed by atoms with E-state index < -0.39 is 11.6 Å². The van der Waals surface area contributed by atoms with Crippen LogP contribution >= 0.6 is 11.3 Å². The smallest absolute Gasteiger partial charge is 0.319 e. The fourth-order valence-electron chi connectivity index (χ4n) is 3.00. The molecule has 1 aliphatic heterocycles. The lowest BCUT2D eigenvalue weighted by Gasteiger charge is -2.33. The number of hydrogen-bond donors (Lipinski definition) is 1. The van der Waals surface area contributed by atoms with Gasteiger partial charge in [0.1, 0.15) is 11.6 Å². The number of benzene rings is 1. The second-order valence-corrected chi connectivity index (χ2v) is 7.47. The van der Waals surface area contributed by atoms with Crippen LogP contribution in [0.15, 0.2) is 23.6 Å². The van der Waals surface area contributed by atoms with E-state index in [1.54, 1.807) is 24.4 Å².